The molecule has 1 rings (SSSR count). The second-order valence-electron chi connectivity index (χ2n) is 4.72. The molecule has 0 saturated carbocycles. The summed E-state index contributed by atoms with van der Waals surface area (Å²) in [5, 5.41) is 12.9. The highest BCUT2D eigenvalue weighted by molar-refractivity contribution is 6.30. The average molecular weight is 288 g/mol. The van der Waals surface area contributed by atoms with Crippen LogP contribution in [0.15, 0.2) is 23.2 Å². The van der Waals surface area contributed by atoms with Crippen molar-refractivity contribution in [1.29, 1.82) is 0 Å². The van der Waals surface area contributed by atoms with Crippen LogP contribution in [0.2, 0.25) is 5.02 Å². The lowest BCUT2D eigenvalue weighted by Gasteiger charge is -2.13. The quantitative estimate of drug-likeness (QED) is 0.573. The molecule has 1 aromatic carbocycles. The number of nitrogens with one attached hydrogen (secondary N) is 1. The summed E-state index contributed by atoms with van der Waals surface area (Å²) in [5.74, 6) is 0.186. The van der Waals surface area contributed by atoms with E-state index in [4.69, 9.17) is 17.3 Å². The fourth-order valence-electron chi connectivity index (χ4n) is 1.42. The van der Waals surface area contributed by atoms with Gasteiger partial charge in [-0.15, -0.1) is 0 Å². The molecule has 1 unspecified atom stereocenters. The molecule has 0 spiro atoms. The van der Waals surface area contributed by atoms with E-state index in [0.717, 1.165) is 0 Å². The zero-order valence-corrected chi connectivity index (χ0v) is 11.8. The molecule has 0 aliphatic heterocycles. The SMILES string of the molecule is CC(C)CN=C(N)NCC(O)c1cc(F)cc(Cl)c1. The topological polar surface area (TPSA) is 70.6 Å². The van der Waals surface area contributed by atoms with Gasteiger partial charge in [0.05, 0.1) is 6.10 Å². The Morgan fingerprint density at radius 2 is 2.16 bits per heavy atom. The van der Waals surface area contributed by atoms with Gasteiger partial charge in [0.15, 0.2) is 5.96 Å². The predicted molar refractivity (Wildman–Crippen MR) is 75.7 cm³/mol. The maximum absolute atomic E-state index is 13.1. The van der Waals surface area contributed by atoms with E-state index in [1.54, 1.807) is 0 Å². The van der Waals surface area contributed by atoms with Gasteiger partial charge in [0.2, 0.25) is 0 Å². The van der Waals surface area contributed by atoms with Crippen molar-refractivity contribution in [2.24, 2.45) is 16.6 Å². The van der Waals surface area contributed by atoms with Crippen LogP contribution in [0.25, 0.3) is 0 Å². The number of hydrogen-bond donors (Lipinski definition) is 3. The van der Waals surface area contributed by atoms with Crippen LogP contribution in [-0.4, -0.2) is 24.2 Å². The standard InChI is InChI=1S/C13H19ClFN3O/c1-8(2)6-17-13(16)18-7-12(19)9-3-10(14)5-11(15)4-9/h3-5,8,12,19H,6-7H2,1-2H3,(H3,16,17,18). The van der Waals surface area contributed by atoms with Crippen molar-refractivity contribution < 1.29 is 9.50 Å². The fourth-order valence-corrected chi connectivity index (χ4v) is 1.65. The summed E-state index contributed by atoms with van der Waals surface area (Å²) in [4.78, 5) is 4.10. The molecule has 0 fully saturated rings. The summed E-state index contributed by atoms with van der Waals surface area (Å²) in [6, 6.07) is 3.93. The lowest BCUT2D eigenvalue weighted by molar-refractivity contribution is 0.180. The Kier molecular flexibility index (Phi) is 6.05. The van der Waals surface area contributed by atoms with Crippen molar-refractivity contribution in [2.75, 3.05) is 13.1 Å². The van der Waals surface area contributed by atoms with Crippen molar-refractivity contribution in [3.05, 3.63) is 34.6 Å². The van der Waals surface area contributed by atoms with Crippen molar-refractivity contribution in [3.8, 4) is 0 Å². The fraction of sp³-hybridized carbons (Fsp3) is 0.462. The molecule has 106 valence electrons. The van der Waals surface area contributed by atoms with Crippen LogP contribution < -0.4 is 11.1 Å². The van der Waals surface area contributed by atoms with Crippen LogP contribution in [-0.2, 0) is 0 Å². The summed E-state index contributed by atoms with van der Waals surface area (Å²) >= 11 is 5.72. The first-order chi connectivity index (χ1) is 8.88. The van der Waals surface area contributed by atoms with E-state index in [1.165, 1.54) is 18.2 Å². The molecular weight excluding hydrogens is 269 g/mol. The van der Waals surface area contributed by atoms with Gasteiger partial charge in [-0.1, -0.05) is 25.4 Å². The molecule has 4 N–H and O–H groups in total. The molecule has 0 aromatic heterocycles. The monoisotopic (exact) mass is 287 g/mol. The normalized spacial score (nSPS) is 13.7. The molecule has 0 saturated heterocycles. The van der Waals surface area contributed by atoms with Gasteiger partial charge in [-0.25, -0.2) is 4.39 Å². The lowest BCUT2D eigenvalue weighted by Crippen LogP contribution is -2.35. The second-order valence-corrected chi connectivity index (χ2v) is 5.16. The van der Waals surface area contributed by atoms with E-state index in [-0.39, 0.29) is 17.5 Å². The van der Waals surface area contributed by atoms with Crippen LogP contribution in [0.4, 0.5) is 4.39 Å². The minimum atomic E-state index is -0.902. The first-order valence-corrected chi connectivity index (χ1v) is 6.44. The van der Waals surface area contributed by atoms with Crippen LogP contribution in [0.3, 0.4) is 0 Å². The third kappa shape index (κ3) is 5.89. The number of nitrogens with two attached hydrogens (primary N) is 1. The van der Waals surface area contributed by atoms with Crippen LogP contribution in [0.1, 0.15) is 25.5 Å². The molecule has 4 nitrogen and oxygen atoms in total. The van der Waals surface area contributed by atoms with Crippen LogP contribution in [0, 0.1) is 11.7 Å². The number of aliphatic imine (C=N–C) groups is 1. The Balaban J connectivity index is 2.55. The van der Waals surface area contributed by atoms with Crippen LogP contribution in [0.5, 0.6) is 0 Å². The molecule has 0 aliphatic carbocycles. The number of rotatable bonds is 5. The van der Waals surface area contributed by atoms with Gasteiger partial charge < -0.3 is 16.2 Å². The van der Waals surface area contributed by atoms with Gasteiger partial charge in [0, 0.05) is 18.1 Å². The van der Waals surface area contributed by atoms with Gasteiger partial charge in [-0.3, -0.25) is 4.99 Å². The number of aliphatic hydroxyl groups is 1. The number of benzene rings is 1. The first-order valence-electron chi connectivity index (χ1n) is 6.06. The highest BCUT2D eigenvalue weighted by atomic mass is 35.5. The first kappa shape index (κ1) is 15.7. The molecule has 0 heterocycles. The third-order valence-electron chi connectivity index (χ3n) is 2.37. The molecule has 0 amide bonds. The Bertz CT molecular complexity index is 431. The van der Waals surface area contributed by atoms with Crippen molar-refractivity contribution in [1.82, 2.24) is 5.32 Å². The molecule has 1 aromatic rings. The Morgan fingerprint density at radius 1 is 1.47 bits per heavy atom. The molecule has 0 radical (unpaired) electrons. The summed E-state index contributed by atoms with van der Waals surface area (Å²) < 4.78 is 13.1. The number of aliphatic hydroxyl groups excluding tert-OH is 1. The Morgan fingerprint density at radius 3 is 2.74 bits per heavy atom. The summed E-state index contributed by atoms with van der Waals surface area (Å²) in [5.41, 5.74) is 6.03. The van der Waals surface area contributed by atoms with E-state index < -0.39 is 11.9 Å². The van der Waals surface area contributed by atoms with E-state index in [2.05, 4.69) is 10.3 Å². The molecule has 0 bridgehead atoms. The number of halogens is 2. The molecule has 1 atom stereocenters. The maximum atomic E-state index is 13.1. The smallest absolute Gasteiger partial charge is 0.188 e. The van der Waals surface area contributed by atoms with E-state index >= 15 is 0 Å². The van der Waals surface area contributed by atoms with Crippen molar-refractivity contribution in [3.63, 3.8) is 0 Å². The van der Waals surface area contributed by atoms with Gasteiger partial charge in [0.25, 0.3) is 0 Å². The van der Waals surface area contributed by atoms with Gasteiger partial charge in [0.1, 0.15) is 5.82 Å². The van der Waals surface area contributed by atoms with Gasteiger partial charge in [-0.05, 0) is 29.7 Å². The summed E-state index contributed by atoms with van der Waals surface area (Å²) in [7, 11) is 0. The highest BCUT2D eigenvalue weighted by Crippen LogP contribution is 2.19. The van der Waals surface area contributed by atoms with E-state index in [9.17, 15) is 9.50 Å². The van der Waals surface area contributed by atoms with E-state index in [1.807, 2.05) is 13.8 Å². The van der Waals surface area contributed by atoms with E-state index in [0.29, 0.717) is 18.0 Å². The maximum Gasteiger partial charge on any atom is 0.188 e. The second kappa shape index (κ2) is 7.31. The molecule has 0 aliphatic rings. The number of hydrogen-bond acceptors (Lipinski definition) is 2. The van der Waals surface area contributed by atoms with Crippen LogP contribution >= 0.6 is 11.6 Å². The molecule has 19 heavy (non-hydrogen) atoms. The highest BCUT2D eigenvalue weighted by Gasteiger charge is 2.10. The minimum absolute atomic E-state index is 0.146. The third-order valence-corrected chi connectivity index (χ3v) is 2.59. The summed E-state index contributed by atoms with van der Waals surface area (Å²) in [6.45, 7) is 4.81. The van der Waals surface area contributed by atoms with Crippen molar-refractivity contribution >= 4 is 17.6 Å². The molecular formula is C13H19ClFN3O. The number of guanidine groups is 1. The zero-order chi connectivity index (χ0) is 14.4. The average Bonchev–Trinajstić information content (AvgIpc) is 2.32. The van der Waals surface area contributed by atoms with Gasteiger partial charge in [-0.2, -0.15) is 0 Å². The zero-order valence-electron chi connectivity index (χ0n) is 11.0. The summed E-state index contributed by atoms with van der Waals surface area (Å²) in [6.07, 6.45) is -0.902. The predicted octanol–water partition coefficient (Wildman–Crippen LogP) is 2.07. The lowest BCUT2D eigenvalue weighted by atomic mass is 10.1. The largest absolute Gasteiger partial charge is 0.387 e. The molecule has 6 heteroatoms. The Hall–Kier alpha value is -1.33. The Labute approximate surface area is 117 Å². The number of nitrogens with zero attached hydrogens (tertiary/aromatic N) is 1. The minimum Gasteiger partial charge on any atom is -0.387 e. The van der Waals surface area contributed by atoms with Crippen molar-refractivity contribution in [2.45, 2.75) is 20.0 Å². The van der Waals surface area contributed by atoms with Gasteiger partial charge >= 0.3 is 0 Å².